The minimum Gasteiger partial charge on any atom is -0.352 e. The Morgan fingerprint density at radius 1 is 1.60 bits per heavy atom. The summed E-state index contributed by atoms with van der Waals surface area (Å²) < 4.78 is 0.809. The van der Waals surface area contributed by atoms with Crippen LogP contribution in [0.25, 0.3) is 0 Å². The highest BCUT2D eigenvalue weighted by molar-refractivity contribution is 9.10. The number of allylic oxidation sites excluding steroid dienone is 1. The van der Waals surface area contributed by atoms with Gasteiger partial charge in [0.1, 0.15) is 0 Å². The average molecular weight is 269 g/mol. The number of rotatable bonds is 4. The van der Waals surface area contributed by atoms with Gasteiger partial charge in [-0.15, -0.1) is 0 Å². The van der Waals surface area contributed by atoms with E-state index in [0.717, 1.165) is 10.9 Å². The molecule has 0 aromatic carbocycles. The molecule has 0 spiro atoms. The number of pyridine rings is 1. The van der Waals surface area contributed by atoms with E-state index in [-0.39, 0.29) is 5.91 Å². The van der Waals surface area contributed by atoms with Gasteiger partial charge in [-0.3, -0.25) is 9.78 Å². The van der Waals surface area contributed by atoms with Crippen molar-refractivity contribution in [3.63, 3.8) is 0 Å². The van der Waals surface area contributed by atoms with Crippen molar-refractivity contribution < 1.29 is 4.79 Å². The van der Waals surface area contributed by atoms with Crippen LogP contribution in [0.3, 0.4) is 0 Å². The lowest BCUT2D eigenvalue weighted by Gasteiger charge is -2.02. The molecule has 0 saturated heterocycles. The summed E-state index contributed by atoms with van der Waals surface area (Å²) in [5.41, 5.74) is 0.574. The highest BCUT2D eigenvalue weighted by atomic mass is 79.9. The molecule has 0 atom stereocenters. The molecule has 1 aromatic rings. The summed E-state index contributed by atoms with van der Waals surface area (Å²) in [5, 5.41) is 2.81. The van der Waals surface area contributed by atoms with Crippen LogP contribution in [0.15, 0.2) is 35.1 Å². The zero-order valence-electron chi connectivity index (χ0n) is 8.53. The Balaban J connectivity index is 2.47. The summed E-state index contributed by atoms with van der Waals surface area (Å²) in [6.07, 6.45) is 8.03. The molecule has 80 valence electrons. The lowest BCUT2D eigenvalue weighted by molar-refractivity contribution is 0.0954. The quantitative estimate of drug-likeness (QED) is 0.674. The maximum Gasteiger partial charge on any atom is 0.252 e. The molecule has 0 unspecified atom stereocenters. The molecule has 1 rings (SSSR count). The van der Waals surface area contributed by atoms with Gasteiger partial charge in [-0.1, -0.05) is 12.2 Å². The van der Waals surface area contributed by atoms with E-state index in [0.29, 0.717) is 12.1 Å². The van der Waals surface area contributed by atoms with Crippen LogP contribution >= 0.6 is 15.9 Å². The number of carbonyl (C=O) groups excluding carboxylic acids is 1. The van der Waals surface area contributed by atoms with Crippen LogP contribution in [-0.4, -0.2) is 17.4 Å². The first-order valence-electron chi connectivity index (χ1n) is 4.74. The minimum absolute atomic E-state index is 0.0895. The number of halogens is 1. The number of carbonyl (C=O) groups is 1. The fourth-order valence-electron chi connectivity index (χ4n) is 1.07. The molecule has 1 amide bonds. The van der Waals surface area contributed by atoms with Gasteiger partial charge in [-0.25, -0.2) is 0 Å². The number of hydrogen-bond donors (Lipinski definition) is 1. The molecule has 4 heteroatoms. The molecule has 0 bridgehead atoms. The Kier molecular flexibility index (Phi) is 5.04. The molecule has 1 heterocycles. The van der Waals surface area contributed by atoms with Crippen LogP contribution in [0, 0.1) is 0 Å². The predicted octanol–water partition coefficient (Wildman–Crippen LogP) is 2.54. The van der Waals surface area contributed by atoms with Crippen LogP contribution in [0.2, 0.25) is 0 Å². The zero-order chi connectivity index (χ0) is 11.1. The van der Waals surface area contributed by atoms with E-state index in [2.05, 4.69) is 26.2 Å². The van der Waals surface area contributed by atoms with E-state index in [9.17, 15) is 4.79 Å². The average Bonchev–Trinajstić information content (AvgIpc) is 2.24. The first-order valence-corrected chi connectivity index (χ1v) is 5.53. The molecular weight excluding hydrogens is 256 g/mol. The van der Waals surface area contributed by atoms with Gasteiger partial charge >= 0.3 is 0 Å². The van der Waals surface area contributed by atoms with Crippen LogP contribution < -0.4 is 5.32 Å². The van der Waals surface area contributed by atoms with Crippen molar-refractivity contribution in [3.8, 4) is 0 Å². The summed E-state index contributed by atoms with van der Waals surface area (Å²) in [6, 6.07) is 1.75. The second-order valence-electron chi connectivity index (χ2n) is 3.01. The summed E-state index contributed by atoms with van der Waals surface area (Å²) >= 11 is 3.27. The summed E-state index contributed by atoms with van der Waals surface area (Å²) in [4.78, 5) is 15.5. The Morgan fingerprint density at radius 3 is 3.07 bits per heavy atom. The highest BCUT2D eigenvalue weighted by Crippen LogP contribution is 2.09. The summed E-state index contributed by atoms with van der Waals surface area (Å²) in [5.74, 6) is -0.0895. The van der Waals surface area contributed by atoms with Crippen molar-refractivity contribution >= 4 is 21.8 Å². The molecule has 0 radical (unpaired) electrons. The molecule has 1 aromatic heterocycles. The first kappa shape index (κ1) is 11.9. The molecule has 15 heavy (non-hydrogen) atoms. The lowest BCUT2D eigenvalue weighted by atomic mass is 10.2. The third-order valence-electron chi connectivity index (χ3n) is 1.80. The van der Waals surface area contributed by atoms with E-state index in [1.54, 1.807) is 18.5 Å². The van der Waals surface area contributed by atoms with E-state index in [1.165, 1.54) is 0 Å². The van der Waals surface area contributed by atoms with Gasteiger partial charge < -0.3 is 5.32 Å². The van der Waals surface area contributed by atoms with E-state index in [4.69, 9.17) is 0 Å². The number of amides is 1. The van der Waals surface area contributed by atoms with Crippen molar-refractivity contribution in [1.82, 2.24) is 10.3 Å². The Labute approximate surface area is 97.7 Å². The summed E-state index contributed by atoms with van der Waals surface area (Å²) in [6.45, 7) is 2.61. The Morgan fingerprint density at radius 2 is 2.40 bits per heavy atom. The lowest BCUT2D eigenvalue weighted by Crippen LogP contribution is -2.24. The predicted molar refractivity (Wildman–Crippen MR) is 63.7 cm³/mol. The molecule has 0 aliphatic rings. The van der Waals surface area contributed by atoms with Gasteiger partial charge in [0.15, 0.2) is 0 Å². The smallest absolute Gasteiger partial charge is 0.252 e. The van der Waals surface area contributed by atoms with Crippen LogP contribution in [0.1, 0.15) is 23.7 Å². The first-order chi connectivity index (χ1) is 7.24. The molecule has 0 aliphatic carbocycles. The second-order valence-corrected chi connectivity index (χ2v) is 3.92. The molecule has 0 fully saturated rings. The fourth-order valence-corrected chi connectivity index (χ4v) is 1.44. The van der Waals surface area contributed by atoms with Crippen molar-refractivity contribution in [2.24, 2.45) is 0 Å². The number of nitrogens with one attached hydrogen (secondary N) is 1. The highest BCUT2D eigenvalue weighted by Gasteiger charge is 2.04. The Bertz CT molecular complexity index is 363. The second kappa shape index (κ2) is 6.35. The third kappa shape index (κ3) is 4.25. The van der Waals surface area contributed by atoms with Crippen LogP contribution in [0.4, 0.5) is 0 Å². The third-order valence-corrected chi connectivity index (χ3v) is 2.23. The maximum atomic E-state index is 11.6. The molecule has 1 N–H and O–H groups in total. The fraction of sp³-hybridized carbons (Fsp3) is 0.273. The van der Waals surface area contributed by atoms with Crippen molar-refractivity contribution in [2.45, 2.75) is 13.3 Å². The molecule has 0 aliphatic heterocycles. The van der Waals surface area contributed by atoms with E-state index >= 15 is 0 Å². The van der Waals surface area contributed by atoms with Crippen molar-refractivity contribution in [2.75, 3.05) is 6.54 Å². The topological polar surface area (TPSA) is 42.0 Å². The number of hydrogen-bond acceptors (Lipinski definition) is 2. The SMILES string of the molecule is C/C=C/CCNC(=O)c1cncc(Br)c1. The molecule has 3 nitrogen and oxygen atoms in total. The number of nitrogens with zero attached hydrogens (tertiary/aromatic N) is 1. The maximum absolute atomic E-state index is 11.6. The normalized spacial score (nSPS) is 10.5. The molecule has 0 saturated carbocycles. The van der Waals surface area contributed by atoms with Gasteiger partial charge in [0.05, 0.1) is 5.56 Å². The van der Waals surface area contributed by atoms with Gasteiger partial charge in [-0.2, -0.15) is 0 Å². The number of aromatic nitrogens is 1. The Hall–Kier alpha value is -1.16. The van der Waals surface area contributed by atoms with Gasteiger partial charge in [-0.05, 0) is 35.3 Å². The monoisotopic (exact) mass is 268 g/mol. The van der Waals surface area contributed by atoms with Gasteiger partial charge in [0, 0.05) is 23.4 Å². The van der Waals surface area contributed by atoms with Crippen LogP contribution in [0.5, 0.6) is 0 Å². The summed E-state index contributed by atoms with van der Waals surface area (Å²) in [7, 11) is 0. The largest absolute Gasteiger partial charge is 0.352 e. The van der Waals surface area contributed by atoms with Gasteiger partial charge in [0.25, 0.3) is 5.91 Å². The van der Waals surface area contributed by atoms with Crippen LogP contribution in [-0.2, 0) is 0 Å². The zero-order valence-corrected chi connectivity index (χ0v) is 10.1. The van der Waals surface area contributed by atoms with Crippen molar-refractivity contribution in [3.05, 3.63) is 40.6 Å². The molecular formula is C11H13BrN2O. The van der Waals surface area contributed by atoms with E-state index < -0.39 is 0 Å². The van der Waals surface area contributed by atoms with Crippen molar-refractivity contribution in [1.29, 1.82) is 0 Å². The van der Waals surface area contributed by atoms with Gasteiger partial charge in [0.2, 0.25) is 0 Å². The standard InChI is InChI=1S/C11H13BrN2O/c1-2-3-4-5-14-11(15)9-6-10(12)8-13-7-9/h2-3,6-8H,4-5H2,1H3,(H,14,15)/b3-2+. The minimum atomic E-state index is -0.0895. The van der Waals surface area contributed by atoms with E-state index in [1.807, 2.05) is 19.1 Å².